The van der Waals surface area contributed by atoms with Crippen molar-refractivity contribution in [2.45, 2.75) is 49.2 Å². The van der Waals surface area contributed by atoms with Crippen molar-refractivity contribution >= 4 is 35.2 Å². The van der Waals surface area contributed by atoms with Gasteiger partial charge in [0.2, 0.25) is 11.8 Å². The highest BCUT2D eigenvalue weighted by molar-refractivity contribution is 7.99. The molecule has 8 heteroatoms. The second-order valence-corrected chi connectivity index (χ2v) is 9.75. The Bertz CT molecular complexity index is 1120. The SMILES string of the molecule is CC12CCC(=O)N1c1ccccc1C(=O)N2CCC(=O)NC1CCSc2ccc(F)cc21. The largest absolute Gasteiger partial charge is 0.349 e. The molecule has 0 aliphatic carbocycles. The molecule has 2 unspecified atom stereocenters. The third kappa shape index (κ3) is 3.37. The zero-order valence-electron chi connectivity index (χ0n) is 17.8. The number of thioether (sulfide) groups is 1. The lowest BCUT2D eigenvalue weighted by Crippen LogP contribution is -2.62. The van der Waals surface area contributed by atoms with Crippen LogP contribution in [0.5, 0.6) is 0 Å². The summed E-state index contributed by atoms with van der Waals surface area (Å²) in [4.78, 5) is 43.1. The average molecular weight is 454 g/mol. The molecule has 0 saturated carbocycles. The van der Waals surface area contributed by atoms with Gasteiger partial charge in [0.25, 0.3) is 5.91 Å². The Morgan fingerprint density at radius 1 is 1.25 bits per heavy atom. The molecule has 2 atom stereocenters. The lowest BCUT2D eigenvalue weighted by Gasteiger charge is -2.48. The highest BCUT2D eigenvalue weighted by Crippen LogP contribution is 2.44. The van der Waals surface area contributed by atoms with E-state index in [1.54, 1.807) is 45.8 Å². The van der Waals surface area contributed by atoms with Crippen LogP contribution >= 0.6 is 11.8 Å². The molecule has 1 saturated heterocycles. The number of hydrogen-bond donors (Lipinski definition) is 1. The van der Waals surface area contributed by atoms with Crippen LogP contribution in [0.4, 0.5) is 10.1 Å². The van der Waals surface area contributed by atoms with Gasteiger partial charge >= 0.3 is 0 Å². The van der Waals surface area contributed by atoms with Crippen LogP contribution in [0.3, 0.4) is 0 Å². The van der Waals surface area contributed by atoms with E-state index in [1.165, 1.54) is 12.1 Å². The highest BCUT2D eigenvalue weighted by atomic mass is 32.2. The fraction of sp³-hybridized carbons (Fsp3) is 0.375. The van der Waals surface area contributed by atoms with E-state index >= 15 is 0 Å². The minimum Gasteiger partial charge on any atom is -0.349 e. The fourth-order valence-corrected chi connectivity index (χ4v) is 6.14. The predicted molar refractivity (Wildman–Crippen MR) is 120 cm³/mol. The molecule has 0 spiro atoms. The van der Waals surface area contributed by atoms with Gasteiger partial charge in [-0.3, -0.25) is 19.3 Å². The minimum atomic E-state index is -0.778. The van der Waals surface area contributed by atoms with Crippen molar-refractivity contribution in [1.29, 1.82) is 0 Å². The van der Waals surface area contributed by atoms with Crippen molar-refractivity contribution in [3.05, 3.63) is 59.4 Å². The summed E-state index contributed by atoms with van der Waals surface area (Å²) in [6.45, 7) is 2.10. The molecule has 1 fully saturated rings. The number of nitrogens with zero attached hydrogens (tertiary/aromatic N) is 2. The van der Waals surface area contributed by atoms with E-state index in [0.717, 1.165) is 22.6 Å². The summed E-state index contributed by atoms with van der Waals surface area (Å²) in [6, 6.07) is 11.6. The first-order valence-corrected chi connectivity index (χ1v) is 11.8. The zero-order chi connectivity index (χ0) is 22.5. The second-order valence-electron chi connectivity index (χ2n) is 8.61. The van der Waals surface area contributed by atoms with Gasteiger partial charge in [-0.25, -0.2) is 4.39 Å². The van der Waals surface area contributed by atoms with Crippen LogP contribution < -0.4 is 10.2 Å². The maximum atomic E-state index is 13.8. The van der Waals surface area contributed by atoms with Gasteiger partial charge in [0.15, 0.2) is 0 Å². The molecule has 2 aromatic rings. The number of para-hydroxylation sites is 1. The predicted octanol–water partition coefficient (Wildman–Crippen LogP) is 3.87. The lowest BCUT2D eigenvalue weighted by atomic mass is 9.98. The molecule has 6 nitrogen and oxygen atoms in total. The number of hydrogen-bond acceptors (Lipinski definition) is 4. The molecular weight excluding hydrogens is 429 g/mol. The standard InChI is InChI=1S/C24H24FN3O3S/c1-24-11-8-22(30)28(24)19-5-3-2-4-16(19)23(31)27(24)12-9-21(29)26-18-10-13-32-20-7-6-15(25)14-17(18)20/h2-7,14,18H,8-13H2,1H3,(H,26,29). The number of halogens is 1. The van der Waals surface area contributed by atoms with E-state index in [1.807, 2.05) is 13.0 Å². The maximum absolute atomic E-state index is 13.8. The van der Waals surface area contributed by atoms with Gasteiger partial charge in [0.05, 0.1) is 17.3 Å². The summed E-state index contributed by atoms with van der Waals surface area (Å²) in [7, 11) is 0. The summed E-state index contributed by atoms with van der Waals surface area (Å²) < 4.78 is 13.8. The van der Waals surface area contributed by atoms with E-state index in [0.29, 0.717) is 24.1 Å². The van der Waals surface area contributed by atoms with E-state index < -0.39 is 5.66 Å². The van der Waals surface area contributed by atoms with Crippen molar-refractivity contribution in [2.75, 3.05) is 17.2 Å². The molecule has 0 aromatic heterocycles. The quantitative estimate of drug-likeness (QED) is 0.763. The lowest BCUT2D eigenvalue weighted by molar-refractivity contribution is -0.122. The molecule has 2 aromatic carbocycles. The second kappa shape index (κ2) is 7.92. The van der Waals surface area contributed by atoms with Gasteiger partial charge in [-0.15, -0.1) is 11.8 Å². The van der Waals surface area contributed by atoms with Gasteiger partial charge in [-0.1, -0.05) is 12.1 Å². The van der Waals surface area contributed by atoms with E-state index in [2.05, 4.69) is 5.32 Å². The fourth-order valence-electron chi connectivity index (χ4n) is 5.04. The van der Waals surface area contributed by atoms with Crippen LogP contribution in [-0.4, -0.2) is 40.6 Å². The van der Waals surface area contributed by atoms with Crippen molar-refractivity contribution in [2.24, 2.45) is 0 Å². The Morgan fingerprint density at radius 2 is 2.06 bits per heavy atom. The molecule has 32 heavy (non-hydrogen) atoms. The van der Waals surface area contributed by atoms with Crippen molar-refractivity contribution in [1.82, 2.24) is 10.2 Å². The highest BCUT2D eigenvalue weighted by Gasteiger charge is 2.52. The van der Waals surface area contributed by atoms with Crippen molar-refractivity contribution in [3.8, 4) is 0 Å². The summed E-state index contributed by atoms with van der Waals surface area (Å²) in [5.41, 5.74) is 1.15. The third-order valence-corrected chi connectivity index (χ3v) is 7.78. The summed E-state index contributed by atoms with van der Waals surface area (Å²) in [6.07, 6.45) is 1.73. The normalized spacial score (nSPS) is 24.1. The molecule has 0 radical (unpaired) electrons. The van der Waals surface area contributed by atoms with Crippen LogP contribution in [0.25, 0.3) is 0 Å². The monoisotopic (exact) mass is 453 g/mol. The maximum Gasteiger partial charge on any atom is 0.257 e. The van der Waals surface area contributed by atoms with Crippen LogP contribution in [0, 0.1) is 5.82 Å². The van der Waals surface area contributed by atoms with Crippen LogP contribution in [0.2, 0.25) is 0 Å². The van der Waals surface area contributed by atoms with Crippen LogP contribution in [0.1, 0.15) is 54.6 Å². The smallest absolute Gasteiger partial charge is 0.257 e. The molecular formula is C24H24FN3O3S. The number of amides is 3. The van der Waals surface area contributed by atoms with Gasteiger partial charge < -0.3 is 10.2 Å². The number of carbonyl (C=O) groups is 3. The number of rotatable bonds is 4. The summed E-state index contributed by atoms with van der Waals surface area (Å²) in [5, 5.41) is 3.02. The molecule has 5 rings (SSSR count). The molecule has 3 aliphatic rings. The first-order chi connectivity index (χ1) is 15.4. The Morgan fingerprint density at radius 3 is 2.91 bits per heavy atom. The van der Waals surface area contributed by atoms with Crippen LogP contribution in [0.15, 0.2) is 47.4 Å². The Labute approximate surface area is 190 Å². The Balaban J connectivity index is 1.33. The molecule has 3 amide bonds. The van der Waals surface area contributed by atoms with Gasteiger partial charge in [-0.2, -0.15) is 0 Å². The molecule has 0 bridgehead atoms. The van der Waals surface area contributed by atoms with Gasteiger partial charge in [0, 0.05) is 30.0 Å². The zero-order valence-corrected chi connectivity index (χ0v) is 18.6. The number of fused-ring (bicyclic) bond motifs is 4. The number of nitrogens with one attached hydrogen (secondary N) is 1. The van der Waals surface area contributed by atoms with Gasteiger partial charge in [-0.05, 0) is 55.7 Å². The molecule has 166 valence electrons. The topological polar surface area (TPSA) is 69.7 Å². The average Bonchev–Trinajstić information content (AvgIpc) is 3.09. The molecule has 3 heterocycles. The first kappa shape index (κ1) is 21.0. The van der Waals surface area contributed by atoms with Gasteiger partial charge in [0.1, 0.15) is 11.5 Å². The Kier molecular flexibility index (Phi) is 5.20. The van der Waals surface area contributed by atoms with Crippen molar-refractivity contribution in [3.63, 3.8) is 0 Å². The summed E-state index contributed by atoms with van der Waals surface area (Å²) in [5.74, 6) is 0.161. The molecule has 3 aliphatic heterocycles. The summed E-state index contributed by atoms with van der Waals surface area (Å²) >= 11 is 1.66. The minimum absolute atomic E-state index is 0.0137. The first-order valence-electron chi connectivity index (χ1n) is 10.8. The Hall–Kier alpha value is -2.87. The third-order valence-electron chi connectivity index (χ3n) is 6.65. The molecule has 1 N–H and O–H groups in total. The van der Waals surface area contributed by atoms with E-state index in [9.17, 15) is 18.8 Å². The van der Waals surface area contributed by atoms with Crippen LogP contribution in [-0.2, 0) is 9.59 Å². The number of anilines is 1. The number of benzene rings is 2. The van der Waals surface area contributed by atoms with E-state index in [-0.39, 0.29) is 42.5 Å². The van der Waals surface area contributed by atoms with Crippen molar-refractivity contribution < 1.29 is 18.8 Å². The number of carbonyl (C=O) groups excluding carboxylic acids is 3. The van der Waals surface area contributed by atoms with E-state index in [4.69, 9.17) is 0 Å².